The Labute approximate surface area is 263 Å². The molecular weight excluding hydrogens is 605 g/mol. The summed E-state index contributed by atoms with van der Waals surface area (Å²) in [5.41, 5.74) is 3.69. The zero-order valence-corrected chi connectivity index (χ0v) is 26.5. The molecule has 0 spiro atoms. The molecule has 4 aromatic carbocycles. The number of rotatable bonds is 11. The van der Waals surface area contributed by atoms with E-state index in [0.717, 1.165) is 26.6 Å². The van der Waals surface area contributed by atoms with Crippen molar-refractivity contribution >= 4 is 50.7 Å². The van der Waals surface area contributed by atoms with E-state index < -0.39 is 28.5 Å². The highest BCUT2D eigenvalue weighted by Gasteiger charge is 2.34. The smallest absolute Gasteiger partial charge is 0.264 e. The summed E-state index contributed by atoms with van der Waals surface area (Å²) in [6.07, 6.45) is 0.228. The molecule has 0 radical (unpaired) electrons. The number of nitrogens with one attached hydrogen (secondary N) is 1. The standard InChI is InChI=1S/C33H33Cl2N3O4S/c1-23-9-13-26(14-10-23)21-37(31(33(40)36-3)17-25-7-5-4-6-8-25)32(39)22-38(29-19-27(34)18-28(35)20-29)43(41,42)30-15-11-24(2)12-16-30/h4-16,18-20,31H,17,21-22H2,1-3H3,(H,36,40)/t31-/m0/s1. The first-order valence-corrected chi connectivity index (χ1v) is 15.8. The Morgan fingerprint density at radius 3 is 1.91 bits per heavy atom. The van der Waals surface area contributed by atoms with E-state index in [2.05, 4.69) is 5.32 Å². The summed E-state index contributed by atoms with van der Waals surface area (Å²) < 4.78 is 29.1. The van der Waals surface area contributed by atoms with Crippen molar-refractivity contribution in [3.63, 3.8) is 0 Å². The van der Waals surface area contributed by atoms with Crippen LogP contribution in [0.4, 0.5) is 5.69 Å². The average molecular weight is 639 g/mol. The maximum Gasteiger partial charge on any atom is 0.264 e. The number of carbonyl (C=O) groups is 2. The van der Waals surface area contributed by atoms with Gasteiger partial charge in [0.05, 0.1) is 10.6 Å². The predicted octanol–water partition coefficient (Wildman–Crippen LogP) is 6.19. The third-order valence-electron chi connectivity index (χ3n) is 7.01. The molecule has 0 saturated heterocycles. The number of carbonyl (C=O) groups excluding carboxylic acids is 2. The highest BCUT2D eigenvalue weighted by Crippen LogP contribution is 2.30. The maximum absolute atomic E-state index is 14.3. The number of hydrogen-bond donors (Lipinski definition) is 1. The van der Waals surface area contributed by atoms with Gasteiger partial charge in [0, 0.05) is 30.1 Å². The molecule has 43 heavy (non-hydrogen) atoms. The van der Waals surface area contributed by atoms with Crippen LogP contribution < -0.4 is 9.62 Å². The minimum atomic E-state index is -4.25. The molecule has 0 aliphatic carbocycles. The van der Waals surface area contributed by atoms with Crippen molar-refractivity contribution in [3.8, 4) is 0 Å². The van der Waals surface area contributed by atoms with Gasteiger partial charge in [-0.2, -0.15) is 0 Å². The summed E-state index contributed by atoms with van der Waals surface area (Å²) in [6.45, 7) is 3.29. The summed E-state index contributed by atoms with van der Waals surface area (Å²) >= 11 is 12.6. The topological polar surface area (TPSA) is 86.8 Å². The van der Waals surface area contributed by atoms with Crippen LogP contribution in [0, 0.1) is 13.8 Å². The second-order valence-corrected chi connectivity index (χ2v) is 13.0. The van der Waals surface area contributed by atoms with Crippen LogP contribution in [0.5, 0.6) is 0 Å². The minimum absolute atomic E-state index is 0.000723. The van der Waals surface area contributed by atoms with Crippen molar-refractivity contribution in [2.24, 2.45) is 0 Å². The molecule has 2 amide bonds. The number of nitrogens with zero attached hydrogens (tertiary/aromatic N) is 2. The average Bonchev–Trinajstić information content (AvgIpc) is 2.98. The van der Waals surface area contributed by atoms with Gasteiger partial charge in [0.15, 0.2) is 0 Å². The van der Waals surface area contributed by atoms with Crippen LogP contribution in [0.15, 0.2) is 102 Å². The van der Waals surface area contributed by atoms with Crippen molar-refractivity contribution in [2.45, 2.75) is 37.8 Å². The summed E-state index contributed by atoms with van der Waals surface area (Å²) in [5.74, 6) is -0.944. The molecule has 0 saturated carbocycles. The highest BCUT2D eigenvalue weighted by atomic mass is 35.5. The molecule has 1 atom stereocenters. The number of sulfonamides is 1. The Balaban J connectivity index is 1.80. The fraction of sp³-hybridized carbons (Fsp3) is 0.212. The lowest BCUT2D eigenvalue weighted by Crippen LogP contribution is -2.53. The molecule has 0 unspecified atom stereocenters. The number of benzene rings is 4. The fourth-order valence-corrected chi connectivity index (χ4v) is 6.57. The number of amides is 2. The molecule has 4 aromatic rings. The molecule has 0 fully saturated rings. The van der Waals surface area contributed by atoms with E-state index in [0.29, 0.717) is 0 Å². The van der Waals surface area contributed by atoms with Crippen LogP contribution in [0.1, 0.15) is 22.3 Å². The van der Waals surface area contributed by atoms with Crippen molar-refractivity contribution < 1.29 is 18.0 Å². The second-order valence-electron chi connectivity index (χ2n) is 10.3. The Bertz CT molecular complexity index is 1660. The molecule has 0 aliphatic rings. The first-order chi connectivity index (χ1) is 20.5. The van der Waals surface area contributed by atoms with Gasteiger partial charge >= 0.3 is 0 Å². The summed E-state index contributed by atoms with van der Waals surface area (Å²) in [6, 6.07) is 26.8. The Morgan fingerprint density at radius 2 is 1.35 bits per heavy atom. The molecule has 224 valence electrons. The van der Waals surface area contributed by atoms with E-state index in [9.17, 15) is 18.0 Å². The minimum Gasteiger partial charge on any atom is -0.357 e. The number of likely N-dealkylation sites (N-methyl/N-ethyl adjacent to an activating group) is 1. The van der Waals surface area contributed by atoms with Crippen LogP contribution in [0.25, 0.3) is 0 Å². The zero-order chi connectivity index (χ0) is 31.1. The quantitative estimate of drug-likeness (QED) is 0.212. The van der Waals surface area contributed by atoms with Crippen molar-refractivity contribution in [2.75, 3.05) is 17.9 Å². The van der Waals surface area contributed by atoms with E-state index >= 15 is 0 Å². The Morgan fingerprint density at radius 1 is 0.791 bits per heavy atom. The van der Waals surface area contributed by atoms with Gasteiger partial charge in [-0.15, -0.1) is 0 Å². The van der Waals surface area contributed by atoms with Crippen LogP contribution in [0.3, 0.4) is 0 Å². The van der Waals surface area contributed by atoms with Crippen molar-refractivity contribution in [3.05, 3.63) is 129 Å². The van der Waals surface area contributed by atoms with Gasteiger partial charge < -0.3 is 10.2 Å². The maximum atomic E-state index is 14.3. The molecule has 1 N–H and O–H groups in total. The lowest BCUT2D eigenvalue weighted by Gasteiger charge is -2.33. The summed E-state index contributed by atoms with van der Waals surface area (Å²) in [4.78, 5) is 29.1. The van der Waals surface area contributed by atoms with Gasteiger partial charge in [0.2, 0.25) is 11.8 Å². The normalized spacial score (nSPS) is 11.9. The Hall–Kier alpha value is -3.85. The molecule has 4 rings (SSSR count). The van der Waals surface area contributed by atoms with Crippen LogP contribution in [-0.4, -0.2) is 44.8 Å². The number of anilines is 1. The third kappa shape index (κ3) is 8.16. The highest BCUT2D eigenvalue weighted by molar-refractivity contribution is 7.92. The third-order valence-corrected chi connectivity index (χ3v) is 9.24. The monoisotopic (exact) mass is 637 g/mol. The van der Waals surface area contributed by atoms with E-state index in [1.54, 1.807) is 12.1 Å². The zero-order valence-electron chi connectivity index (χ0n) is 24.1. The molecule has 7 nitrogen and oxygen atoms in total. The molecular formula is C33H33Cl2N3O4S. The SMILES string of the molecule is CNC(=O)[C@H](Cc1ccccc1)N(Cc1ccc(C)cc1)C(=O)CN(c1cc(Cl)cc(Cl)c1)S(=O)(=O)c1ccc(C)cc1. The Kier molecular flexibility index (Phi) is 10.5. The second kappa shape index (κ2) is 14.1. The van der Waals surface area contributed by atoms with E-state index in [4.69, 9.17) is 23.2 Å². The summed E-state index contributed by atoms with van der Waals surface area (Å²) in [7, 11) is -2.74. The van der Waals surface area contributed by atoms with Gasteiger partial charge in [-0.25, -0.2) is 8.42 Å². The van der Waals surface area contributed by atoms with E-state index in [-0.39, 0.29) is 39.5 Å². The first kappa shape index (κ1) is 32.1. The number of hydrogen-bond acceptors (Lipinski definition) is 4. The molecule has 0 bridgehead atoms. The number of aryl methyl sites for hydroxylation is 2. The van der Waals surface area contributed by atoms with Gasteiger partial charge in [-0.3, -0.25) is 13.9 Å². The summed E-state index contributed by atoms with van der Waals surface area (Å²) in [5, 5.41) is 3.10. The van der Waals surface area contributed by atoms with Gasteiger partial charge in [-0.1, -0.05) is 101 Å². The molecule has 0 aliphatic heterocycles. The van der Waals surface area contributed by atoms with Crippen LogP contribution >= 0.6 is 23.2 Å². The lowest BCUT2D eigenvalue weighted by molar-refractivity contribution is -0.139. The van der Waals surface area contributed by atoms with Crippen LogP contribution in [0.2, 0.25) is 10.0 Å². The number of halogens is 2. The largest absolute Gasteiger partial charge is 0.357 e. The van der Waals surface area contributed by atoms with Gasteiger partial charge in [-0.05, 0) is 55.3 Å². The predicted molar refractivity (Wildman–Crippen MR) is 172 cm³/mol. The lowest BCUT2D eigenvalue weighted by atomic mass is 10.0. The fourth-order valence-electron chi connectivity index (χ4n) is 4.66. The van der Waals surface area contributed by atoms with E-state index in [1.807, 2.05) is 68.4 Å². The van der Waals surface area contributed by atoms with Gasteiger partial charge in [0.1, 0.15) is 12.6 Å². The van der Waals surface area contributed by atoms with Crippen molar-refractivity contribution in [1.82, 2.24) is 10.2 Å². The molecule has 0 aromatic heterocycles. The first-order valence-electron chi connectivity index (χ1n) is 13.6. The van der Waals surface area contributed by atoms with E-state index in [1.165, 1.54) is 42.3 Å². The molecule has 10 heteroatoms. The molecule has 0 heterocycles. The van der Waals surface area contributed by atoms with Gasteiger partial charge in [0.25, 0.3) is 10.0 Å². The van der Waals surface area contributed by atoms with Crippen LogP contribution in [-0.2, 0) is 32.6 Å². The van der Waals surface area contributed by atoms with Crippen molar-refractivity contribution in [1.29, 1.82) is 0 Å².